The van der Waals surface area contributed by atoms with E-state index in [-0.39, 0.29) is 11.8 Å². The Morgan fingerprint density at radius 2 is 1.56 bits per heavy atom. The number of alkyl halides is 6. The molecule has 3 nitrogen and oxygen atoms in total. The molecule has 144 valence electrons. The number of carbonyl (C=O) groups excluding carboxylic acids is 1. The van der Waals surface area contributed by atoms with E-state index in [1.54, 1.807) is 6.07 Å². The van der Waals surface area contributed by atoms with Gasteiger partial charge in [0, 0.05) is 18.3 Å². The molecule has 0 aliphatic carbocycles. The van der Waals surface area contributed by atoms with E-state index in [1.165, 1.54) is 12.1 Å². The van der Waals surface area contributed by atoms with E-state index in [0.717, 1.165) is 18.4 Å². The maximum atomic E-state index is 12.9. The summed E-state index contributed by atoms with van der Waals surface area (Å²) >= 11 is 0. The van der Waals surface area contributed by atoms with Crippen LogP contribution in [0, 0.1) is 0 Å². The molecule has 0 atom stereocenters. The molecule has 0 bridgehead atoms. The summed E-state index contributed by atoms with van der Waals surface area (Å²) in [5, 5.41) is 3.09. The molecule has 0 fully saturated rings. The number of fused-ring (bicyclic) bond motifs is 1. The first-order valence-electron chi connectivity index (χ1n) is 7.92. The zero-order valence-electron chi connectivity index (χ0n) is 13.7. The SMILES string of the molecule is O=C(Oc1ccc2c(c1)NCCC2)c1cc(C(F)(F)F)cc(C(F)(F)F)c1. The molecule has 0 unspecified atom stereocenters. The van der Waals surface area contributed by atoms with Crippen LogP contribution in [0.15, 0.2) is 36.4 Å². The molecule has 0 saturated heterocycles. The van der Waals surface area contributed by atoms with Crippen LogP contribution in [0.3, 0.4) is 0 Å². The van der Waals surface area contributed by atoms with Crippen LogP contribution in [0.5, 0.6) is 5.75 Å². The zero-order chi connectivity index (χ0) is 19.8. The van der Waals surface area contributed by atoms with Crippen molar-refractivity contribution in [2.75, 3.05) is 11.9 Å². The molecule has 9 heteroatoms. The Morgan fingerprint density at radius 1 is 0.926 bits per heavy atom. The quantitative estimate of drug-likeness (QED) is 0.430. The molecule has 0 saturated carbocycles. The smallest absolute Gasteiger partial charge is 0.416 e. The van der Waals surface area contributed by atoms with E-state index in [2.05, 4.69) is 5.32 Å². The van der Waals surface area contributed by atoms with Crippen molar-refractivity contribution in [3.05, 3.63) is 58.7 Å². The number of ether oxygens (including phenoxy) is 1. The van der Waals surface area contributed by atoms with Gasteiger partial charge < -0.3 is 10.1 Å². The molecule has 1 N–H and O–H groups in total. The van der Waals surface area contributed by atoms with E-state index in [9.17, 15) is 31.1 Å². The molecule has 1 aliphatic heterocycles. The zero-order valence-corrected chi connectivity index (χ0v) is 13.7. The van der Waals surface area contributed by atoms with Crippen molar-refractivity contribution in [1.82, 2.24) is 0 Å². The molecule has 2 aromatic rings. The topological polar surface area (TPSA) is 38.3 Å². The van der Waals surface area contributed by atoms with Gasteiger partial charge in [-0.2, -0.15) is 26.3 Å². The first kappa shape index (κ1) is 19.1. The average molecular weight is 389 g/mol. The van der Waals surface area contributed by atoms with Crippen molar-refractivity contribution in [1.29, 1.82) is 0 Å². The van der Waals surface area contributed by atoms with Crippen LogP contribution in [0.4, 0.5) is 32.0 Å². The van der Waals surface area contributed by atoms with E-state index in [0.29, 0.717) is 24.4 Å². The normalized spacial score (nSPS) is 14.3. The van der Waals surface area contributed by atoms with Crippen LogP contribution in [0.1, 0.15) is 33.5 Å². The van der Waals surface area contributed by atoms with Gasteiger partial charge >= 0.3 is 18.3 Å². The second-order valence-electron chi connectivity index (χ2n) is 6.03. The highest BCUT2D eigenvalue weighted by Gasteiger charge is 2.37. The molecular weight excluding hydrogens is 376 g/mol. The Kier molecular flexibility index (Phi) is 4.79. The number of aryl methyl sites for hydroxylation is 1. The van der Waals surface area contributed by atoms with Gasteiger partial charge in [0.1, 0.15) is 5.75 Å². The summed E-state index contributed by atoms with van der Waals surface area (Å²) < 4.78 is 82.3. The molecule has 0 spiro atoms. The van der Waals surface area contributed by atoms with Crippen LogP contribution in [-0.2, 0) is 18.8 Å². The average Bonchev–Trinajstić information content (AvgIpc) is 2.59. The summed E-state index contributed by atoms with van der Waals surface area (Å²) in [4.78, 5) is 12.2. The van der Waals surface area contributed by atoms with Crippen molar-refractivity contribution in [3.63, 3.8) is 0 Å². The largest absolute Gasteiger partial charge is 0.423 e. The summed E-state index contributed by atoms with van der Waals surface area (Å²) in [6.07, 6.45) is -8.33. The highest BCUT2D eigenvalue weighted by molar-refractivity contribution is 5.91. The van der Waals surface area contributed by atoms with Crippen LogP contribution < -0.4 is 10.1 Å². The van der Waals surface area contributed by atoms with Crippen LogP contribution >= 0.6 is 0 Å². The third kappa shape index (κ3) is 4.35. The standard InChI is InChI=1S/C18H13F6NO2/c19-17(20,21)12-6-11(7-13(8-12)18(22,23)24)16(26)27-14-4-3-10-2-1-5-25-15(10)9-14/h3-4,6-9,25H,1-2,5H2. The predicted molar refractivity (Wildman–Crippen MR) is 84.7 cm³/mol. The van der Waals surface area contributed by atoms with Crippen molar-refractivity contribution >= 4 is 11.7 Å². The lowest BCUT2D eigenvalue weighted by Crippen LogP contribution is -2.16. The van der Waals surface area contributed by atoms with Crippen LogP contribution in [0.25, 0.3) is 0 Å². The molecule has 0 radical (unpaired) electrons. The molecular formula is C18H13F6NO2. The van der Waals surface area contributed by atoms with Gasteiger partial charge in [0.15, 0.2) is 0 Å². The van der Waals surface area contributed by atoms with Crippen LogP contribution in [-0.4, -0.2) is 12.5 Å². The fourth-order valence-electron chi connectivity index (χ4n) is 2.74. The maximum Gasteiger partial charge on any atom is 0.416 e. The Hall–Kier alpha value is -2.71. The monoisotopic (exact) mass is 389 g/mol. The van der Waals surface area contributed by atoms with E-state index < -0.39 is 35.0 Å². The number of anilines is 1. The molecule has 1 aliphatic rings. The fourth-order valence-corrected chi connectivity index (χ4v) is 2.74. The Labute approximate surface area is 149 Å². The molecule has 0 aromatic heterocycles. The summed E-state index contributed by atoms with van der Waals surface area (Å²) in [6, 6.07) is 5.27. The summed E-state index contributed by atoms with van der Waals surface area (Å²) in [5.74, 6) is -1.28. The number of hydrogen-bond donors (Lipinski definition) is 1. The Balaban J connectivity index is 1.92. The van der Waals surface area contributed by atoms with Gasteiger partial charge in [-0.3, -0.25) is 0 Å². The minimum Gasteiger partial charge on any atom is -0.423 e. The summed E-state index contributed by atoms with van der Waals surface area (Å²) in [6.45, 7) is 0.715. The minimum atomic E-state index is -5.04. The number of halogens is 6. The van der Waals surface area contributed by atoms with Gasteiger partial charge in [0.05, 0.1) is 16.7 Å². The number of rotatable bonds is 2. The molecule has 2 aromatic carbocycles. The number of hydrogen-bond acceptors (Lipinski definition) is 3. The maximum absolute atomic E-state index is 12.9. The minimum absolute atomic E-state index is 0.0270. The van der Waals surface area contributed by atoms with Crippen molar-refractivity contribution in [2.45, 2.75) is 25.2 Å². The van der Waals surface area contributed by atoms with Crippen molar-refractivity contribution < 1.29 is 35.9 Å². The van der Waals surface area contributed by atoms with Gasteiger partial charge in [-0.25, -0.2) is 4.79 Å². The highest BCUT2D eigenvalue weighted by atomic mass is 19.4. The molecule has 1 heterocycles. The first-order valence-corrected chi connectivity index (χ1v) is 7.92. The fraction of sp³-hybridized carbons (Fsp3) is 0.278. The van der Waals surface area contributed by atoms with Gasteiger partial charge in [-0.05, 0) is 42.7 Å². The van der Waals surface area contributed by atoms with Crippen molar-refractivity contribution in [2.24, 2.45) is 0 Å². The van der Waals surface area contributed by atoms with Gasteiger partial charge in [-0.1, -0.05) is 6.07 Å². The summed E-state index contributed by atoms with van der Waals surface area (Å²) in [5.41, 5.74) is -2.28. The first-order chi connectivity index (χ1) is 12.5. The molecule has 27 heavy (non-hydrogen) atoms. The molecule has 0 amide bonds. The molecule has 3 rings (SSSR count). The highest BCUT2D eigenvalue weighted by Crippen LogP contribution is 2.36. The third-order valence-electron chi connectivity index (χ3n) is 4.05. The second kappa shape index (κ2) is 6.79. The number of benzene rings is 2. The van der Waals surface area contributed by atoms with E-state index >= 15 is 0 Å². The summed E-state index contributed by atoms with van der Waals surface area (Å²) in [7, 11) is 0. The lowest BCUT2D eigenvalue weighted by Gasteiger charge is -2.18. The third-order valence-corrected chi connectivity index (χ3v) is 4.05. The van der Waals surface area contributed by atoms with Gasteiger partial charge in [0.2, 0.25) is 0 Å². The number of nitrogens with one attached hydrogen (secondary N) is 1. The van der Waals surface area contributed by atoms with Gasteiger partial charge in [0.25, 0.3) is 0 Å². The van der Waals surface area contributed by atoms with Crippen molar-refractivity contribution in [3.8, 4) is 5.75 Å². The van der Waals surface area contributed by atoms with E-state index in [4.69, 9.17) is 4.74 Å². The predicted octanol–water partition coefficient (Wildman–Crippen LogP) is 5.30. The number of carbonyl (C=O) groups is 1. The lowest BCUT2D eigenvalue weighted by atomic mass is 10.0. The Morgan fingerprint density at radius 3 is 2.15 bits per heavy atom. The van der Waals surface area contributed by atoms with Gasteiger partial charge in [-0.15, -0.1) is 0 Å². The van der Waals surface area contributed by atoms with Crippen LogP contribution in [0.2, 0.25) is 0 Å². The lowest BCUT2D eigenvalue weighted by molar-refractivity contribution is -0.143. The number of esters is 1. The van der Waals surface area contributed by atoms with E-state index in [1.807, 2.05) is 0 Å². The second-order valence-corrected chi connectivity index (χ2v) is 6.03. The Bertz CT molecular complexity index is 841.